The molecule has 3 N–H and O–H groups in total. The molecule has 5 rings (SSSR count). The van der Waals surface area contributed by atoms with Crippen molar-refractivity contribution in [1.82, 2.24) is 20.2 Å². The van der Waals surface area contributed by atoms with Crippen molar-refractivity contribution in [3.63, 3.8) is 0 Å². The molecule has 3 amide bonds. The molecule has 4 aromatic rings. The Morgan fingerprint density at radius 1 is 1.15 bits per heavy atom. The number of para-hydroxylation sites is 2. The molecule has 12 nitrogen and oxygen atoms in total. The highest BCUT2D eigenvalue weighted by atomic mass is 35.5. The van der Waals surface area contributed by atoms with Crippen molar-refractivity contribution in [3.8, 4) is 11.5 Å². The Morgan fingerprint density at radius 2 is 1.85 bits per heavy atom. The van der Waals surface area contributed by atoms with Crippen LogP contribution in [-0.4, -0.2) is 46.3 Å². The maximum atomic E-state index is 14.1. The van der Waals surface area contributed by atoms with Crippen LogP contribution in [0.4, 0.5) is 33.6 Å². The van der Waals surface area contributed by atoms with Gasteiger partial charge in [-0.05, 0) is 18.2 Å². The van der Waals surface area contributed by atoms with Crippen molar-refractivity contribution in [2.45, 2.75) is 13.1 Å². The van der Waals surface area contributed by atoms with E-state index in [0.717, 1.165) is 5.56 Å². The van der Waals surface area contributed by atoms with Crippen LogP contribution in [0.25, 0.3) is 0 Å². The van der Waals surface area contributed by atoms with E-state index in [1.807, 2.05) is 0 Å². The fourth-order valence-corrected chi connectivity index (χ4v) is 4.96. The average molecular weight is 595 g/mol. The second-order valence-electron chi connectivity index (χ2n) is 8.73. The maximum absolute atomic E-state index is 14.1. The number of aromatic amines is 1. The minimum atomic E-state index is -0.443. The molecule has 1 aliphatic heterocycles. The van der Waals surface area contributed by atoms with Crippen LogP contribution in [-0.2, 0) is 17.9 Å². The van der Waals surface area contributed by atoms with Crippen molar-refractivity contribution in [2.75, 3.05) is 34.7 Å². The highest BCUT2D eigenvalue weighted by Crippen LogP contribution is 2.48. The van der Waals surface area contributed by atoms with E-state index in [1.54, 1.807) is 48.9 Å². The standard InChI is InChI=1S/C27H24Cl2N8O4/c1-4-21(38)33-17-7-5-6-8-18(17)34-26-30-12-16-14-36(24-22(28)19(40-2)9-20(41-3)23(24)29)27(39)37(25(16)35-26)13-15-10-31-32-11-15/h4-12H,1,13-14H2,2-3H3,(H,31,32)(H,33,38)(H,30,34,35). The van der Waals surface area contributed by atoms with Gasteiger partial charge in [0.2, 0.25) is 11.9 Å². The van der Waals surface area contributed by atoms with Gasteiger partial charge in [0, 0.05) is 29.6 Å². The third-order valence-corrected chi connectivity index (χ3v) is 6.95. The molecular formula is C27H24Cl2N8O4. The van der Waals surface area contributed by atoms with Gasteiger partial charge in [0.05, 0.1) is 50.6 Å². The molecule has 210 valence electrons. The number of aromatic nitrogens is 4. The average Bonchev–Trinajstić information content (AvgIpc) is 3.50. The Morgan fingerprint density at radius 3 is 2.49 bits per heavy atom. The Hall–Kier alpha value is -4.81. The van der Waals surface area contributed by atoms with Crippen molar-refractivity contribution in [1.29, 1.82) is 0 Å². The number of carbonyl (C=O) groups excluding carboxylic acids is 2. The number of urea groups is 1. The molecular weight excluding hydrogens is 571 g/mol. The summed E-state index contributed by atoms with van der Waals surface area (Å²) < 4.78 is 10.8. The number of benzene rings is 2. The molecule has 0 saturated carbocycles. The molecule has 2 aromatic heterocycles. The first-order chi connectivity index (χ1) is 19.8. The number of nitrogens with one attached hydrogen (secondary N) is 3. The van der Waals surface area contributed by atoms with Crippen molar-refractivity contribution in [2.24, 2.45) is 0 Å². The predicted octanol–water partition coefficient (Wildman–Crippen LogP) is 5.54. The molecule has 41 heavy (non-hydrogen) atoms. The molecule has 0 atom stereocenters. The first-order valence-electron chi connectivity index (χ1n) is 12.2. The smallest absolute Gasteiger partial charge is 0.330 e. The molecule has 0 aliphatic carbocycles. The number of H-pyrrole nitrogens is 1. The molecule has 0 saturated heterocycles. The number of rotatable bonds is 9. The van der Waals surface area contributed by atoms with Crippen LogP contribution in [0.15, 0.2) is 61.6 Å². The number of amides is 3. The van der Waals surface area contributed by atoms with Gasteiger partial charge in [-0.2, -0.15) is 10.1 Å². The molecule has 0 fully saturated rings. The van der Waals surface area contributed by atoms with Gasteiger partial charge >= 0.3 is 6.03 Å². The maximum Gasteiger partial charge on any atom is 0.330 e. The van der Waals surface area contributed by atoms with Gasteiger partial charge in [0.25, 0.3) is 0 Å². The van der Waals surface area contributed by atoms with Gasteiger partial charge in [0.15, 0.2) is 0 Å². The van der Waals surface area contributed by atoms with Crippen LogP contribution in [0.5, 0.6) is 11.5 Å². The number of hydrogen-bond donors (Lipinski definition) is 3. The minimum absolute atomic E-state index is 0.0675. The third-order valence-electron chi connectivity index (χ3n) is 6.22. The summed E-state index contributed by atoms with van der Waals surface area (Å²) in [6, 6.07) is 8.17. The van der Waals surface area contributed by atoms with E-state index in [0.29, 0.717) is 34.3 Å². The SMILES string of the molecule is C=CC(=O)Nc1ccccc1Nc1ncc2c(n1)N(Cc1cn[nH]c1)C(=O)N(c1c(Cl)c(OC)cc(OC)c1Cl)C2. The number of fused-ring (bicyclic) bond motifs is 1. The van der Waals surface area contributed by atoms with Crippen LogP contribution in [0, 0.1) is 0 Å². The summed E-state index contributed by atoms with van der Waals surface area (Å²) in [7, 11) is 2.92. The zero-order valence-electron chi connectivity index (χ0n) is 21.9. The Kier molecular flexibility index (Phi) is 7.95. The predicted molar refractivity (Wildman–Crippen MR) is 156 cm³/mol. The molecule has 0 spiro atoms. The Labute approximate surface area is 244 Å². The molecule has 0 radical (unpaired) electrons. The van der Waals surface area contributed by atoms with Gasteiger partial charge in [-0.25, -0.2) is 9.78 Å². The second-order valence-corrected chi connectivity index (χ2v) is 9.48. The highest BCUT2D eigenvalue weighted by Gasteiger charge is 2.37. The Bertz CT molecular complexity index is 1600. The number of anilines is 5. The van der Waals surface area contributed by atoms with Crippen molar-refractivity contribution in [3.05, 3.63) is 82.7 Å². The number of halogens is 2. The summed E-state index contributed by atoms with van der Waals surface area (Å²) in [5.74, 6) is 0.803. The van der Waals surface area contributed by atoms with Crippen molar-refractivity contribution < 1.29 is 19.1 Å². The minimum Gasteiger partial charge on any atom is -0.495 e. The van der Waals surface area contributed by atoms with Crippen LogP contribution in [0.1, 0.15) is 11.1 Å². The van der Waals surface area contributed by atoms with Crippen LogP contribution >= 0.6 is 23.2 Å². The molecule has 3 heterocycles. The van der Waals surface area contributed by atoms with E-state index in [1.165, 1.54) is 30.1 Å². The fraction of sp³-hybridized carbons (Fsp3) is 0.148. The summed E-state index contributed by atoms with van der Waals surface area (Å²) in [4.78, 5) is 38.0. The summed E-state index contributed by atoms with van der Waals surface area (Å²) >= 11 is 13.3. The van der Waals surface area contributed by atoms with E-state index in [2.05, 4.69) is 37.4 Å². The molecule has 0 unspecified atom stereocenters. The summed E-state index contributed by atoms with van der Waals surface area (Å²) in [5.41, 5.74) is 2.65. The number of methoxy groups -OCH3 is 2. The number of nitrogens with zero attached hydrogens (tertiary/aromatic N) is 5. The van der Waals surface area contributed by atoms with Gasteiger partial charge < -0.3 is 20.1 Å². The largest absolute Gasteiger partial charge is 0.495 e. The Balaban J connectivity index is 1.57. The monoisotopic (exact) mass is 594 g/mol. The molecule has 1 aliphatic rings. The van der Waals surface area contributed by atoms with Crippen molar-refractivity contribution >= 4 is 64.0 Å². The van der Waals surface area contributed by atoms with E-state index >= 15 is 0 Å². The highest BCUT2D eigenvalue weighted by molar-refractivity contribution is 6.42. The zero-order valence-corrected chi connectivity index (χ0v) is 23.5. The molecule has 2 aromatic carbocycles. The van der Waals surface area contributed by atoms with Gasteiger partial charge in [0.1, 0.15) is 27.4 Å². The summed E-state index contributed by atoms with van der Waals surface area (Å²) in [5, 5.41) is 12.9. The third kappa shape index (κ3) is 5.47. The van der Waals surface area contributed by atoms with Crippen LogP contribution < -0.4 is 29.9 Å². The lowest BCUT2D eigenvalue weighted by Gasteiger charge is -2.37. The lowest BCUT2D eigenvalue weighted by Crippen LogP contribution is -2.47. The summed E-state index contributed by atoms with van der Waals surface area (Å²) in [6.45, 7) is 3.69. The first kappa shape index (κ1) is 27.7. The van der Waals surface area contributed by atoms with Gasteiger partial charge in [-0.15, -0.1) is 0 Å². The molecule has 0 bridgehead atoms. The van der Waals surface area contributed by atoms with Gasteiger partial charge in [-0.3, -0.25) is 19.7 Å². The zero-order chi connectivity index (χ0) is 29.1. The van der Waals surface area contributed by atoms with E-state index in [9.17, 15) is 9.59 Å². The number of carbonyl (C=O) groups is 2. The normalized spacial score (nSPS) is 12.5. The quantitative estimate of drug-likeness (QED) is 0.215. The van der Waals surface area contributed by atoms with Gasteiger partial charge in [-0.1, -0.05) is 41.9 Å². The van der Waals surface area contributed by atoms with Crippen LogP contribution in [0.3, 0.4) is 0 Å². The number of ether oxygens (including phenoxy) is 2. The second kappa shape index (κ2) is 11.7. The lowest BCUT2D eigenvalue weighted by atomic mass is 10.1. The van der Waals surface area contributed by atoms with E-state index in [4.69, 9.17) is 32.7 Å². The number of hydrogen-bond acceptors (Lipinski definition) is 8. The first-order valence-corrected chi connectivity index (χ1v) is 12.9. The van der Waals surface area contributed by atoms with E-state index < -0.39 is 6.03 Å². The van der Waals surface area contributed by atoms with Crippen LogP contribution in [0.2, 0.25) is 10.0 Å². The lowest BCUT2D eigenvalue weighted by molar-refractivity contribution is -0.111. The topological polar surface area (TPSA) is 138 Å². The van der Waals surface area contributed by atoms with E-state index in [-0.39, 0.29) is 40.7 Å². The molecule has 14 heteroatoms. The summed E-state index contributed by atoms with van der Waals surface area (Å²) in [6.07, 6.45) is 6.07. The fourth-order valence-electron chi connectivity index (χ4n) is 4.26.